The van der Waals surface area contributed by atoms with E-state index in [0.717, 1.165) is 19.5 Å². The molecule has 1 aliphatic heterocycles. The maximum Gasteiger partial charge on any atom is 0.210 e. The molecule has 1 unspecified atom stereocenters. The smallest absolute Gasteiger partial charge is 0.210 e. The van der Waals surface area contributed by atoms with Gasteiger partial charge in [0.1, 0.15) is 6.04 Å². The molecular weight excluding hydrogens is 180 g/mol. The lowest BCUT2D eigenvalue weighted by Crippen LogP contribution is -2.45. The lowest BCUT2D eigenvalue weighted by molar-refractivity contribution is -0.121. The zero-order chi connectivity index (χ0) is 9.80. The van der Waals surface area contributed by atoms with Gasteiger partial charge in [0.25, 0.3) is 0 Å². The summed E-state index contributed by atoms with van der Waals surface area (Å²) in [6.07, 6.45) is 4.25. The van der Waals surface area contributed by atoms with Crippen molar-refractivity contribution in [1.29, 1.82) is 0 Å². The van der Waals surface area contributed by atoms with Crippen LogP contribution in [0.15, 0.2) is 18.5 Å². The molecule has 1 aromatic heterocycles. The van der Waals surface area contributed by atoms with Gasteiger partial charge in [0.2, 0.25) is 6.41 Å². The lowest BCUT2D eigenvalue weighted by atomic mass is 10.2. The van der Waals surface area contributed by atoms with E-state index in [9.17, 15) is 4.79 Å². The first-order valence-electron chi connectivity index (χ1n) is 4.60. The van der Waals surface area contributed by atoms with Crippen molar-refractivity contribution in [2.24, 2.45) is 0 Å². The number of hydrogen-bond acceptors (Lipinski definition) is 4. The molecule has 2 rings (SSSR count). The van der Waals surface area contributed by atoms with Crippen LogP contribution in [0.4, 0.5) is 0 Å². The van der Waals surface area contributed by atoms with Crippen molar-refractivity contribution in [1.82, 2.24) is 20.2 Å². The van der Waals surface area contributed by atoms with Gasteiger partial charge in [-0.1, -0.05) is 0 Å². The summed E-state index contributed by atoms with van der Waals surface area (Å²) in [6, 6.07) is 1.74. The van der Waals surface area contributed by atoms with Crippen molar-refractivity contribution in [2.75, 3.05) is 19.6 Å². The van der Waals surface area contributed by atoms with E-state index in [1.807, 2.05) is 0 Å². The molecule has 5 heteroatoms. The molecule has 1 fully saturated rings. The predicted octanol–water partition coefficient (Wildman–Crippen LogP) is -0.421. The highest BCUT2D eigenvalue weighted by Crippen LogP contribution is 2.15. The normalized spacial score (nSPS) is 22.0. The molecule has 1 saturated heterocycles. The van der Waals surface area contributed by atoms with Crippen LogP contribution in [-0.2, 0) is 4.79 Å². The molecule has 0 aromatic carbocycles. The summed E-state index contributed by atoms with van der Waals surface area (Å²) in [4.78, 5) is 20.8. The van der Waals surface area contributed by atoms with Gasteiger partial charge in [0, 0.05) is 32.0 Å². The van der Waals surface area contributed by atoms with Crippen molar-refractivity contribution in [2.45, 2.75) is 6.04 Å². The number of nitrogens with zero attached hydrogens (tertiary/aromatic N) is 3. The van der Waals surface area contributed by atoms with Gasteiger partial charge in [-0.3, -0.25) is 4.79 Å². The highest BCUT2D eigenvalue weighted by Gasteiger charge is 2.23. The maximum absolute atomic E-state index is 10.8. The number of carbonyl (C=O) groups is 1. The zero-order valence-corrected chi connectivity index (χ0v) is 7.76. The van der Waals surface area contributed by atoms with Crippen LogP contribution in [0.5, 0.6) is 0 Å². The quantitative estimate of drug-likeness (QED) is 0.646. The lowest BCUT2D eigenvalue weighted by Gasteiger charge is -2.31. The Morgan fingerprint density at radius 1 is 1.50 bits per heavy atom. The molecule has 2 heterocycles. The van der Waals surface area contributed by atoms with Gasteiger partial charge >= 0.3 is 0 Å². The number of rotatable bonds is 2. The fourth-order valence-corrected chi connectivity index (χ4v) is 1.57. The van der Waals surface area contributed by atoms with Crippen molar-refractivity contribution in [3.05, 3.63) is 24.3 Å². The van der Waals surface area contributed by atoms with E-state index in [0.29, 0.717) is 12.4 Å². The van der Waals surface area contributed by atoms with E-state index in [1.54, 1.807) is 23.4 Å². The summed E-state index contributed by atoms with van der Waals surface area (Å²) < 4.78 is 0. The third kappa shape index (κ3) is 1.72. The van der Waals surface area contributed by atoms with Crippen molar-refractivity contribution in [3.8, 4) is 0 Å². The van der Waals surface area contributed by atoms with E-state index in [-0.39, 0.29) is 6.04 Å². The highest BCUT2D eigenvalue weighted by molar-refractivity contribution is 5.48. The first-order valence-corrected chi connectivity index (χ1v) is 4.60. The minimum atomic E-state index is -0.0255. The van der Waals surface area contributed by atoms with Gasteiger partial charge in [0.05, 0.1) is 0 Å². The Bertz CT molecular complexity index is 303. The molecule has 1 atom stereocenters. The van der Waals surface area contributed by atoms with Crippen LogP contribution in [0.1, 0.15) is 11.9 Å². The minimum Gasteiger partial charge on any atom is -0.332 e. The van der Waals surface area contributed by atoms with Crippen LogP contribution in [0.3, 0.4) is 0 Å². The summed E-state index contributed by atoms with van der Waals surface area (Å²) in [5.41, 5.74) is 0. The highest BCUT2D eigenvalue weighted by atomic mass is 16.1. The van der Waals surface area contributed by atoms with Crippen molar-refractivity contribution >= 4 is 6.41 Å². The van der Waals surface area contributed by atoms with Crippen LogP contribution in [0.25, 0.3) is 0 Å². The number of hydrogen-bond donors (Lipinski definition) is 1. The molecule has 0 saturated carbocycles. The Hall–Kier alpha value is -1.49. The second-order valence-corrected chi connectivity index (χ2v) is 3.17. The Morgan fingerprint density at radius 2 is 2.29 bits per heavy atom. The largest absolute Gasteiger partial charge is 0.332 e. The molecule has 0 bridgehead atoms. The molecule has 5 nitrogen and oxygen atoms in total. The number of amides is 1. The molecule has 0 aliphatic carbocycles. The van der Waals surface area contributed by atoms with E-state index >= 15 is 0 Å². The first-order chi connectivity index (χ1) is 6.92. The third-order valence-corrected chi connectivity index (χ3v) is 2.30. The van der Waals surface area contributed by atoms with E-state index in [4.69, 9.17) is 0 Å². The summed E-state index contributed by atoms with van der Waals surface area (Å²) in [7, 11) is 0. The molecule has 1 amide bonds. The van der Waals surface area contributed by atoms with Gasteiger partial charge in [0.15, 0.2) is 5.82 Å². The fraction of sp³-hybridized carbons (Fsp3) is 0.444. The van der Waals surface area contributed by atoms with Gasteiger partial charge in [-0.25, -0.2) is 9.97 Å². The van der Waals surface area contributed by atoms with E-state index in [1.165, 1.54) is 0 Å². The first kappa shape index (κ1) is 9.08. The van der Waals surface area contributed by atoms with Crippen LogP contribution in [0.2, 0.25) is 0 Å². The Kier molecular flexibility index (Phi) is 2.69. The molecule has 0 spiro atoms. The summed E-state index contributed by atoms with van der Waals surface area (Å²) in [5.74, 6) is 0.701. The van der Waals surface area contributed by atoms with Gasteiger partial charge in [-0.15, -0.1) is 0 Å². The molecule has 74 valence electrons. The average molecular weight is 192 g/mol. The van der Waals surface area contributed by atoms with E-state index < -0.39 is 0 Å². The maximum atomic E-state index is 10.8. The topological polar surface area (TPSA) is 58.1 Å². The van der Waals surface area contributed by atoms with Gasteiger partial charge in [-0.05, 0) is 6.07 Å². The molecule has 0 radical (unpaired) electrons. The second-order valence-electron chi connectivity index (χ2n) is 3.17. The van der Waals surface area contributed by atoms with Crippen molar-refractivity contribution in [3.63, 3.8) is 0 Å². The van der Waals surface area contributed by atoms with Gasteiger partial charge < -0.3 is 10.2 Å². The number of piperazine rings is 1. The van der Waals surface area contributed by atoms with Crippen LogP contribution in [0, 0.1) is 0 Å². The van der Waals surface area contributed by atoms with Crippen LogP contribution < -0.4 is 5.32 Å². The summed E-state index contributed by atoms with van der Waals surface area (Å²) >= 11 is 0. The number of aromatic nitrogens is 2. The Balaban J connectivity index is 2.19. The fourth-order valence-electron chi connectivity index (χ4n) is 1.57. The van der Waals surface area contributed by atoms with Crippen LogP contribution in [-0.4, -0.2) is 40.9 Å². The van der Waals surface area contributed by atoms with E-state index in [2.05, 4.69) is 15.3 Å². The second kappa shape index (κ2) is 4.15. The molecule has 14 heavy (non-hydrogen) atoms. The molecule has 1 aromatic rings. The Labute approximate surface area is 82.2 Å². The zero-order valence-electron chi connectivity index (χ0n) is 7.76. The summed E-state index contributed by atoms with van der Waals surface area (Å²) in [5, 5.41) is 3.22. The number of nitrogens with one attached hydrogen (secondary N) is 1. The molecule has 1 N–H and O–H groups in total. The SMILES string of the molecule is O=CN1CCNCC1c1ncccn1. The predicted molar refractivity (Wildman–Crippen MR) is 50.4 cm³/mol. The molecular formula is C9H12N4O. The van der Waals surface area contributed by atoms with Crippen molar-refractivity contribution < 1.29 is 4.79 Å². The third-order valence-electron chi connectivity index (χ3n) is 2.30. The standard InChI is InChI=1S/C9H12N4O/c14-7-13-5-4-10-6-8(13)9-11-2-1-3-12-9/h1-3,7-8,10H,4-6H2. The molecule has 1 aliphatic rings. The van der Waals surface area contributed by atoms with Gasteiger partial charge in [-0.2, -0.15) is 0 Å². The van der Waals surface area contributed by atoms with Crippen LogP contribution >= 0.6 is 0 Å². The summed E-state index contributed by atoms with van der Waals surface area (Å²) in [6.45, 7) is 2.28. The monoisotopic (exact) mass is 192 g/mol. The average Bonchev–Trinajstić information content (AvgIpc) is 2.30. The Morgan fingerprint density at radius 3 is 3.00 bits per heavy atom. The minimum absolute atomic E-state index is 0.0255. The number of carbonyl (C=O) groups excluding carboxylic acids is 1.